The van der Waals surface area contributed by atoms with Gasteiger partial charge in [0.2, 0.25) is 5.91 Å². The number of anilines is 1. The summed E-state index contributed by atoms with van der Waals surface area (Å²) in [5, 5.41) is 2.83. The van der Waals surface area contributed by atoms with Crippen LogP contribution >= 0.6 is 0 Å². The number of benzene rings is 2. The zero-order valence-corrected chi connectivity index (χ0v) is 17.3. The van der Waals surface area contributed by atoms with Crippen molar-refractivity contribution in [3.63, 3.8) is 0 Å². The first-order valence-electron chi connectivity index (χ1n) is 10.5. The van der Waals surface area contributed by atoms with Crippen LogP contribution in [0.1, 0.15) is 31.2 Å². The number of hydrogen-bond acceptors (Lipinski definition) is 2. The molecule has 4 nitrogen and oxygen atoms in total. The third-order valence-corrected chi connectivity index (χ3v) is 5.90. The van der Waals surface area contributed by atoms with E-state index in [2.05, 4.69) is 10.3 Å². The van der Waals surface area contributed by atoms with Crippen LogP contribution in [-0.4, -0.2) is 21.6 Å². The minimum Gasteiger partial charge on any atom is -0.312 e. The highest BCUT2D eigenvalue weighted by molar-refractivity contribution is 5.95. The summed E-state index contributed by atoms with van der Waals surface area (Å²) >= 11 is 0. The summed E-state index contributed by atoms with van der Waals surface area (Å²) in [4.78, 5) is 17.4. The lowest BCUT2D eigenvalue weighted by molar-refractivity contribution is -0.185. The Bertz CT molecular complexity index is 1060. The lowest BCUT2D eigenvalue weighted by Gasteiger charge is -2.29. The molecule has 1 fully saturated rings. The van der Waals surface area contributed by atoms with Crippen molar-refractivity contribution < 1.29 is 22.4 Å². The predicted molar refractivity (Wildman–Crippen MR) is 113 cm³/mol. The van der Waals surface area contributed by atoms with E-state index in [1.165, 1.54) is 12.1 Å². The smallest absolute Gasteiger partial charge is 0.312 e. The quantitative estimate of drug-likeness (QED) is 0.487. The molecule has 0 radical (unpaired) electrons. The topological polar surface area (TPSA) is 46.9 Å². The Kier molecular flexibility index (Phi) is 6.30. The van der Waals surface area contributed by atoms with E-state index in [1.807, 2.05) is 30.3 Å². The fourth-order valence-corrected chi connectivity index (χ4v) is 4.18. The third kappa shape index (κ3) is 5.00. The van der Waals surface area contributed by atoms with E-state index in [4.69, 9.17) is 0 Å². The number of carbonyl (C=O) groups excluding carboxylic acids is 1. The first kappa shape index (κ1) is 22.0. The number of nitrogens with one attached hydrogen (secondary N) is 1. The van der Waals surface area contributed by atoms with Crippen LogP contribution in [-0.2, 0) is 11.3 Å². The molecule has 1 aromatic heterocycles. The Morgan fingerprint density at radius 2 is 1.78 bits per heavy atom. The van der Waals surface area contributed by atoms with Crippen LogP contribution in [0.25, 0.3) is 11.3 Å². The average Bonchev–Trinajstić information content (AvgIpc) is 3.16. The second kappa shape index (κ2) is 9.14. The lowest BCUT2D eigenvalue weighted by Crippen LogP contribution is -2.34. The minimum absolute atomic E-state index is 0.0556. The fraction of sp³-hybridized carbons (Fsp3) is 0.333. The molecule has 1 heterocycles. The predicted octanol–water partition coefficient (Wildman–Crippen LogP) is 6.04. The zero-order valence-electron chi connectivity index (χ0n) is 17.3. The summed E-state index contributed by atoms with van der Waals surface area (Å²) in [6, 6.07) is 15.2. The molecule has 2 aromatic carbocycles. The van der Waals surface area contributed by atoms with Crippen molar-refractivity contribution >= 4 is 11.7 Å². The van der Waals surface area contributed by atoms with Gasteiger partial charge in [0, 0.05) is 11.5 Å². The van der Waals surface area contributed by atoms with Gasteiger partial charge in [0.15, 0.2) is 0 Å². The normalized spacial score (nSPS) is 19.0. The molecule has 0 aliphatic heterocycles. The van der Waals surface area contributed by atoms with Gasteiger partial charge in [-0.05, 0) is 49.1 Å². The van der Waals surface area contributed by atoms with Gasteiger partial charge in [-0.1, -0.05) is 36.8 Å². The summed E-state index contributed by atoms with van der Waals surface area (Å²) in [7, 11) is 0. The molecule has 0 bridgehead atoms. The van der Waals surface area contributed by atoms with E-state index < -0.39 is 29.7 Å². The van der Waals surface area contributed by atoms with E-state index in [0.717, 1.165) is 5.56 Å². The molecule has 8 heteroatoms. The Morgan fingerprint density at radius 1 is 1.06 bits per heavy atom. The molecule has 0 spiro atoms. The summed E-state index contributed by atoms with van der Waals surface area (Å²) < 4.78 is 54.8. The summed E-state index contributed by atoms with van der Waals surface area (Å²) in [5.41, 5.74) is 2.02. The van der Waals surface area contributed by atoms with E-state index in [9.17, 15) is 22.4 Å². The molecular formula is C24H23F4N3O. The van der Waals surface area contributed by atoms with Crippen molar-refractivity contribution in [1.29, 1.82) is 0 Å². The molecule has 32 heavy (non-hydrogen) atoms. The molecule has 2 unspecified atom stereocenters. The highest BCUT2D eigenvalue weighted by atomic mass is 19.4. The number of imidazole rings is 1. The molecule has 168 valence electrons. The van der Waals surface area contributed by atoms with E-state index in [1.54, 1.807) is 23.0 Å². The second-order valence-electron chi connectivity index (χ2n) is 8.15. The second-order valence-corrected chi connectivity index (χ2v) is 8.15. The Balaban J connectivity index is 1.62. The molecule has 2 atom stereocenters. The Labute approximate surface area is 183 Å². The standard InChI is InChI=1S/C24H23F4N3O/c25-20-11-9-17(10-12-20)21-22(31(15-29-21)14-16-5-2-1-3-6-16)30-23(32)18-7-4-8-19(13-18)24(26,27)28/h1-3,5-6,9-12,15,18-19H,4,7-8,13-14H2,(H,30,32). The number of hydrogen-bond donors (Lipinski definition) is 1. The molecule has 1 N–H and O–H groups in total. The maximum atomic E-state index is 13.4. The molecule has 1 amide bonds. The number of halogens is 4. The van der Waals surface area contributed by atoms with E-state index in [0.29, 0.717) is 36.5 Å². The molecule has 0 saturated heterocycles. The van der Waals surface area contributed by atoms with Crippen LogP contribution in [0, 0.1) is 17.7 Å². The molecule has 3 aromatic rings. The lowest BCUT2D eigenvalue weighted by atomic mass is 9.80. The molecule has 4 rings (SSSR count). The van der Waals surface area contributed by atoms with Crippen LogP contribution in [0.4, 0.5) is 23.4 Å². The highest BCUT2D eigenvalue weighted by Gasteiger charge is 2.43. The van der Waals surface area contributed by atoms with Crippen molar-refractivity contribution in [2.75, 3.05) is 5.32 Å². The number of aromatic nitrogens is 2. The van der Waals surface area contributed by atoms with Crippen molar-refractivity contribution in [2.45, 2.75) is 38.4 Å². The first-order chi connectivity index (χ1) is 15.3. The number of rotatable bonds is 5. The summed E-state index contributed by atoms with van der Waals surface area (Å²) in [6.07, 6.45) is -2.12. The van der Waals surface area contributed by atoms with Crippen LogP contribution in [0.5, 0.6) is 0 Å². The largest absolute Gasteiger partial charge is 0.391 e. The van der Waals surface area contributed by atoms with Gasteiger partial charge in [-0.25, -0.2) is 9.37 Å². The third-order valence-electron chi connectivity index (χ3n) is 5.90. The monoisotopic (exact) mass is 445 g/mol. The van der Waals surface area contributed by atoms with E-state index in [-0.39, 0.29) is 12.8 Å². The number of carbonyl (C=O) groups is 1. The summed E-state index contributed by atoms with van der Waals surface area (Å²) in [5.74, 6) is -2.64. The van der Waals surface area contributed by atoms with Crippen molar-refractivity contribution in [2.24, 2.45) is 11.8 Å². The van der Waals surface area contributed by atoms with Crippen molar-refractivity contribution in [1.82, 2.24) is 9.55 Å². The maximum absolute atomic E-state index is 13.4. The van der Waals surface area contributed by atoms with Gasteiger partial charge in [-0.3, -0.25) is 4.79 Å². The number of alkyl halides is 3. The van der Waals surface area contributed by atoms with Gasteiger partial charge in [0.05, 0.1) is 18.8 Å². The Morgan fingerprint density at radius 3 is 2.47 bits per heavy atom. The highest BCUT2D eigenvalue weighted by Crippen LogP contribution is 2.40. The van der Waals surface area contributed by atoms with Crippen molar-refractivity contribution in [3.05, 3.63) is 72.3 Å². The van der Waals surface area contributed by atoms with Gasteiger partial charge in [0.25, 0.3) is 0 Å². The average molecular weight is 445 g/mol. The Hall–Kier alpha value is -3.16. The SMILES string of the molecule is O=C(Nc1c(-c2ccc(F)cc2)ncn1Cc1ccccc1)C1CCCC(C(F)(F)F)C1. The number of amides is 1. The molecular weight excluding hydrogens is 422 g/mol. The van der Waals surface area contributed by atoms with E-state index >= 15 is 0 Å². The van der Waals surface area contributed by atoms with Gasteiger partial charge >= 0.3 is 6.18 Å². The van der Waals surface area contributed by atoms with Crippen molar-refractivity contribution in [3.8, 4) is 11.3 Å². The number of nitrogens with zero attached hydrogens (tertiary/aromatic N) is 2. The summed E-state index contributed by atoms with van der Waals surface area (Å²) in [6.45, 7) is 0.417. The van der Waals surface area contributed by atoms with Gasteiger partial charge in [0.1, 0.15) is 17.3 Å². The van der Waals surface area contributed by atoms with Crippen LogP contribution < -0.4 is 5.32 Å². The van der Waals surface area contributed by atoms with Crippen LogP contribution in [0.2, 0.25) is 0 Å². The van der Waals surface area contributed by atoms with Gasteiger partial charge < -0.3 is 9.88 Å². The minimum atomic E-state index is -4.30. The van der Waals surface area contributed by atoms with Crippen LogP contribution in [0.3, 0.4) is 0 Å². The molecule has 1 aliphatic carbocycles. The molecule has 1 aliphatic rings. The fourth-order valence-electron chi connectivity index (χ4n) is 4.18. The molecule has 1 saturated carbocycles. The van der Waals surface area contributed by atoms with Crippen LogP contribution in [0.15, 0.2) is 60.9 Å². The van der Waals surface area contributed by atoms with Gasteiger partial charge in [-0.15, -0.1) is 0 Å². The first-order valence-corrected chi connectivity index (χ1v) is 10.5. The maximum Gasteiger partial charge on any atom is 0.391 e. The zero-order chi connectivity index (χ0) is 22.7. The van der Waals surface area contributed by atoms with Gasteiger partial charge in [-0.2, -0.15) is 13.2 Å².